The molecule has 0 aliphatic carbocycles. The highest BCUT2D eigenvalue weighted by molar-refractivity contribution is 5.76. The van der Waals surface area contributed by atoms with Crippen LogP contribution in [-0.2, 0) is 0 Å². The number of hydrogen-bond acceptors (Lipinski definition) is 2. The van der Waals surface area contributed by atoms with Crippen molar-refractivity contribution in [2.45, 2.75) is 47.5 Å². The molecule has 0 radical (unpaired) electrons. The van der Waals surface area contributed by atoms with Crippen molar-refractivity contribution in [2.24, 2.45) is 0 Å². The van der Waals surface area contributed by atoms with Gasteiger partial charge in [0.1, 0.15) is 5.82 Å². The molecule has 0 saturated carbocycles. The number of benzene rings is 1. The summed E-state index contributed by atoms with van der Waals surface area (Å²) in [6.45, 7) is 20.7. The Bertz CT molecular complexity index is 744. The first-order valence-corrected chi connectivity index (χ1v) is 9.74. The summed E-state index contributed by atoms with van der Waals surface area (Å²) in [5.74, 6) is 0.892. The summed E-state index contributed by atoms with van der Waals surface area (Å²) in [7, 11) is 0. The van der Waals surface area contributed by atoms with Gasteiger partial charge in [-0.15, -0.1) is 0 Å². The van der Waals surface area contributed by atoms with Crippen LogP contribution in [0.15, 0.2) is 49.8 Å². The van der Waals surface area contributed by atoms with Crippen LogP contribution < -0.4 is 5.32 Å². The Morgan fingerprint density at radius 1 is 0.963 bits per heavy atom. The first-order valence-electron chi connectivity index (χ1n) is 9.74. The standard InChI is InChI=1S/C18H20N2.C6H15N/c1-13(2)16-6-8-17(9-7-16)15(5)12-20-11-10-19-18(20)14(3)4;1-3-5-7-6-4-2/h6-12H,1,3H2,2,4-5H3;7H,3-6H2,1-2H3/b15-12+;. The van der Waals surface area contributed by atoms with Crippen molar-refractivity contribution in [1.82, 2.24) is 14.9 Å². The van der Waals surface area contributed by atoms with Crippen LogP contribution in [-0.4, -0.2) is 22.6 Å². The Morgan fingerprint density at radius 2 is 1.52 bits per heavy atom. The van der Waals surface area contributed by atoms with Crippen molar-refractivity contribution in [3.8, 4) is 0 Å². The Labute approximate surface area is 165 Å². The molecule has 1 N–H and O–H groups in total. The number of hydrogen-bond donors (Lipinski definition) is 1. The van der Waals surface area contributed by atoms with Gasteiger partial charge in [0.15, 0.2) is 0 Å². The predicted molar refractivity (Wildman–Crippen MR) is 121 cm³/mol. The largest absolute Gasteiger partial charge is 0.317 e. The maximum absolute atomic E-state index is 4.31. The van der Waals surface area contributed by atoms with Gasteiger partial charge in [-0.1, -0.05) is 56.8 Å². The fraction of sp³-hybridized carbons (Fsp3) is 0.375. The zero-order valence-corrected chi connectivity index (χ0v) is 17.7. The first-order chi connectivity index (χ1) is 12.9. The number of imidazole rings is 1. The van der Waals surface area contributed by atoms with Crippen LogP contribution in [0.1, 0.15) is 64.4 Å². The molecule has 1 aromatic heterocycles. The van der Waals surface area contributed by atoms with E-state index in [9.17, 15) is 0 Å². The second kappa shape index (κ2) is 12.1. The highest BCUT2D eigenvalue weighted by Gasteiger charge is 2.02. The van der Waals surface area contributed by atoms with Gasteiger partial charge in [0, 0.05) is 18.6 Å². The van der Waals surface area contributed by atoms with Gasteiger partial charge in [-0.2, -0.15) is 0 Å². The third-order valence-corrected chi connectivity index (χ3v) is 4.07. The van der Waals surface area contributed by atoms with Crippen LogP contribution in [0.25, 0.3) is 22.9 Å². The minimum atomic E-state index is 0.892. The van der Waals surface area contributed by atoms with Crippen LogP contribution in [0.3, 0.4) is 0 Å². The summed E-state index contributed by atoms with van der Waals surface area (Å²) in [5.41, 5.74) is 5.58. The summed E-state index contributed by atoms with van der Waals surface area (Å²) in [5, 5.41) is 3.28. The molecular formula is C24H35N3. The van der Waals surface area contributed by atoms with E-state index in [4.69, 9.17) is 0 Å². The average Bonchev–Trinajstić information content (AvgIpc) is 3.11. The maximum atomic E-state index is 4.31. The van der Waals surface area contributed by atoms with Gasteiger partial charge in [0.25, 0.3) is 0 Å². The monoisotopic (exact) mass is 365 g/mol. The lowest BCUT2D eigenvalue weighted by Crippen LogP contribution is -2.14. The van der Waals surface area contributed by atoms with E-state index in [1.54, 1.807) is 6.20 Å². The minimum absolute atomic E-state index is 0.892. The zero-order valence-electron chi connectivity index (χ0n) is 17.7. The summed E-state index contributed by atoms with van der Waals surface area (Å²) in [6.07, 6.45) is 8.31. The summed E-state index contributed by atoms with van der Waals surface area (Å²) >= 11 is 0. The number of allylic oxidation sites excluding steroid dienone is 3. The number of aromatic nitrogens is 2. The van der Waals surface area contributed by atoms with E-state index >= 15 is 0 Å². The molecule has 0 unspecified atom stereocenters. The normalized spacial score (nSPS) is 10.9. The van der Waals surface area contributed by atoms with Crippen molar-refractivity contribution in [3.63, 3.8) is 0 Å². The van der Waals surface area contributed by atoms with Crippen molar-refractivity contribution in [2.75, 3.05) is 13.1 Å². The Kier molecular flexibility index (Phi) is 10.1. The van der Waals surface area contributed by atoms with E-state index in [-0.39, 0.29) is 0 Å². The number of rotatable bonds is 8. The van der Waals surface area contributed by atoms with Crippen LogP contribution in [0, 0.1) is 0 Å². The third-order valence-electron chi connectivity index (χ3n) is 4.07. The van der Waals surface area contributed by atoms with E-state index in [0.717, 1.165) is 17.0 Å². The molecule has 146 valence electrons. The molecule has 0 amide bonds. The van der Waals surface area contributed by atoms with Crippen LogP contribution >= 0.6 is 0 Å². The molecule has 1 heterocycles. The quantitative estimate of drug-likeness (QED) is 0.551. The van der Waals surface area contributed by atoms with Gasteiger partial charge in [0.2, 0.25) is 0 Å². The molecule has 3 nitrogen and oxygen atoms in total. The number of nitrogens with one attached hydrogen (secondary N) is 1. The van der Waals surface area contributed by atoms with Gasteiger partial charge >= 0.3 is 0 Å². The van der Waals surface area contributed by atoms with Crippen molar-refractivity contribution in [3.05, 3.63) is 66.8 Å². The smallest absolute Gasteiger partial charge is 0.138 e. The third kappa shape index (κ3) is 7.79. The van der Waals surface area contributed by atoms with Gasteiger partial charge < -0.3 is 9.88 Å². The van der Waals surface area contributed by atoms with Gasteiger partial charge in [0.05, 0.1) is 0 Å². The van der Waals surface area contributed by atoms with Gasteiger partial charge in [-0.05, 0) is 69.0 Å². The molecule has 0 bridgehead atoms. The molecule has 3 heteroatoms. The van der Waals surface area contributed by atoms with E-state index in [2.05, 4.69) is 74.7 Å². The second-order valence-electron chi connectivity index (χ2n) is 6.86. The molecule has 0 fully saturated rings. The highest BCUT2D eigenvalue weighted by Crippen LogP contribution is 2.20. The molecule has 0 aliphatic rings. The molecule has 27 heavy (non-hydrogen) atoms. The lowest BCUT2D eigenvalue weighted by Gasteiger charge is -2.07. The second-order valence-corrected chi connectivity index (χ2v) is 6.86. The Morgan fingerprint density at radius 3 is 2.00 bits per heavy atom. The fourth-order valence-electron chi connectivity index (χ4n) is 2.53. The van der Waals surface area contributed by atoms with E-state index in [0.29, 0.717) is 0 Å². The molecule has 2 aromatic rings. The molecule has 0 spiro atoms. The van der Waals surface area contributed by atoms with Crippen LogP contribution in [0.2, 0.25) is 0 Å². The first kappa shape index (κ1) is 22.7. The topological polar surface area (TPSA) is 29.9 Å². The van der Waals surface area contributed by atoms with Crippen molar-refractivity contribution >= 4 is 22.9 Å². The summed E-state index contributed by atoms with van der Waals surface area (Å²) < 4.78 is 2.00. The lowest BCUT2D eigenvalue weighted by atomic mass is 10.0. The molecule has 2 rings (SSSR count). The zero-order chi connectivity index (χ0) is 20.2. The lowest BCUT2D eigenvalue weighted by molar-refractivity contribution is 0.662. The predicted octanol–water partition coefficient (Wildman–Crippen LogP) is 6.36. The highest BCUT2D eigenvalue weighted by atomic mass is 15.0. The summed E-state index contributed by atoms with van der Waals surface area (Å²) in [4.78, 5) is 4.31. The number of nitrogens with zero attached hydrogens (tertiary/aromatic N) is 2. The van der Waals surface area contributed by atoms with E-state index in [1.807, 2.05) is 24.6 Å². The molecule has 0 saturated heterocycles. The average molecular weight is 366 g/mol. The van der Waals surface area contributed by atoms with E-state index < -0.39 is 0 Å². The SMILES string of the molecule is C=C(C)c1ccc(/C(C)=C/n2ccnc2C(=C)C)cc1.CCCNCCC. The van der Waals surface area contributed by atoms with Gasteiger partial charge in [-0.3, -0.25) is 0 Å². The fourth-order valence-corrected chi connectivity index (χ4v) is 2.53. The van der Waals surface area contributed by atoms with Crippen LogP contribution in [0.5, 0.6) is 0 Å². The molecule has 0 aliphatic heterocycles. The van der Waals surface area contributed by atoms with Crippen LogP contribution in [0.4, 0.5) is 0 Å². The summed E-state index contributed by atoms with van der Waals surface area (Å²) in [6, 6.07) is 8.44. The Hall–Kier alpha value is -2.39. The Balaban J connectivity index is 0.000000445. The minimum Gasteiger partial charge on any atom is -0.317 e. The van der Waals surface area contributed by atoms with E-state index in [1.165, 1.54) is 42.6 Å². The molecular weight excluding hydrogens is 330 g/mol. The van der Waals surface area contributed by atoms with Crippen molar-refractivity contribution in [1.29, 1.82) is 0 Å². The van der Waals surface area contributed by atoms with Crippen molar-refractivity contribution < 1.29 is 0 Å². The molecule has 1 aromatic carbocycles. The molecule has 0 atom stereocenters. The maximum Gasteiger partial charge on any atom is 0.138 e. The van der Waals surface area contributed by atoms with Gasteiger partial charge in [-0.25, -0.2) is 4.98 Å².